The largest absolute Gasteiger partial charge is 0.491 e. The summed E-state index contributed by atoms with van der Waals surface area (Å²) in [4.78, 5) is 12.6. The number of nitriles is 1. The Morgan fingerprint density at radius 1 is 1.52 bits per heavy atom. The number of likely N-dealkylation sites (tertiary alicyclic amines) is 1. The first-order valence-electron chi connectivity index (χ1n) is 7.17. The first-order valence-corrected chi connectivity index (χ1v) is 7.17. The first-order chi connectivity index (χ1) is 10.1. The summed E-state index contributed by atoms with van der Waals surface area (Å²) in [5.74, 6) is 0.288. The minimum Gasteiger partial charge on any atom is -0.491 e. The Hall–Kier alpha value is -2.13. The van der Waals surface area contributed by atoms with Gasteiger partial charge in [-0.05, 0) is 32.4 Å². The summed E-state index contributed by atoms with van der Waals surface area (Å²) in [6, 6.07) is 6.60. The molecular formula is C15H19N3O3. The molecule has 0 aromatic heterocycles. The van der Waals surface area contributed by atoms with Gasteiger partial charge in [0.15, 0.2) is 0 Å². The predicted molar refractivity (Wildman–Crippen MR) is 78.2 cm³/mol. The van der Waals surface area contributed by atoms with Gasteiger partial charge in [-0.1, -0.05) is 6.42 Å². The fourth-order valence-corrected chi connectivity index (χ4v) is 2.60. The number of nitrogens with zero attached hydrogens (tertiary/aromatic N) is 3. The molecule has 21 heavy (non-hydrogen) atoms. The van der Waals surface area contributed by atoms with Crippen molar-refractivity contribution in [1.29, 1.82) is 5.26 Å². The number of hydrogen-bond donors (Lipinski definition) is 0. The number of benzene rings is 1. The van der Waals surface area contributed by atoms with E-state index in [1.54, 1.807) is 0 Å². The molecule has 112 valence electrons. The van der Waals surface area contributed by atoms with Crippen LogP contribution in [0, 0.1) is 21.4 Å². The molecule has 1 fully saturated rings. The summed E-state index contributed by atoms with van der Waals surface area (Å²) in [6.45, 7) is 4.46. The number of hydrogen-bond acceptors (Lipinski definition) is 5. The second-order valence-corrected chi connectivity index (χ2v) is 5.28. The third kappa shape index (κ3) is 3.92. The lowest BCUT2D eigenvalue weighted by Gasteiger charge is -2.33. The molecule has 0 radical (unpaired) electrons. The van der Waals surface area contributed by atoms with Gasteiger partial charge >= 0.3 is 0 Å². The quantitative estimate of drug-likeness (QED) is 0.615. The lowest BCUT2D eigenvalue weighted by molar-refractivity contribution is -0.384. The normalized spacial score (nSPS) is 19.0. The van der Waals surface area contributed by atoms with Crippen LogP contribution in [-0.2, 0) is 0 Å². The van der Waals surface area contributed by atoms with Gasteiger partial charge < -0.3 is 4.74 Å². The summed E-state index contributed by atoms with van der Waals surface area (Å²) >= 11 is 0. The monoisotopic (exact) mass is 289 g/mol. The molecule has 1 aromatic carbocycles. The Balaban J connectivity index is 1.97. The number of rotatable bonds is 5. The minimum atomic E-state index is -0.485. The van der Waals surface area contributed by atoms with Crippen molar-refractivity contribution in [2.24, 2.45) is 0 Å². The second kappa shape index (κ2) is 7.04. The Morgan fingerprint density at radius 2 is 2.33 bits per heavy atom. The zero-order valence-corrected chi connectivity index (χ0v) is 12.1. The van der Waals surface area contributed by atoms with Gasteiger partial charge in [-0.2, -0.15) is 5.26 Å². The number of nitro benzene ring substituents is 1. The van der Waals surface area contributed by atoms with E-state index in [0.717, 1.165) is 13.1 Å². The van der Waals surface area contributed by atoms with Crippen LogP contribution in [0.5, 0.6) is 5.75 Å². The van der Waals surface area contributed by atoms with Crippen LogP contribution in [0.4, 0.5) is 5.69 Å². The highest BCUT2D eigenvalue weighted by Crippen LogP contribution is 2.24. The topological polar surface area (TPSA) is 79.4 Å². The molecule has 0 amide bonds. The average molecular weight is 289 g/mol. The fraction of sp³-hybridized carbons (Fsp3) is 0.533. The Morgan fingerprint density at radius 3 is 3.00 bits per heavy atom. The van der Waals surface area contributed by atoms with E-state index in [-0.39, 0.29) is 11.4 Å². The molecule has 1 aliphatic rings. The van der Waals surface area contributed by atoms with Gasteiger partial charge in [-0.25, -0.2) is 0 Å². The van der Waals surface area contributed by atoms with Gasteiger partial charge in [0.25, 0.3) is 5.69 Å². The average Bonchev–Trinajstić information content (AvgIpc) is 2.49. The van der Waals surface area contributed by atoms with E-state index >= 15 is 0 Å². The molecule has 0 saturated carbocycles. The maximum Gasteiger partial charge on any atom is 0.273 e. The van der Waals surface area contributed by atoms with Crippen molar-refractivity contribution in [3.63, 3.8) is 0 Å². The zero-order valence-electron chi connectivity index (χ0n) is 12.1. The van der Waals surface area contributed by atoms with Crippen LogP contribution < -0.4 is 4.74 Å². The molecule has 6 heteroatoms. The van der Waals surface area contributed by atoms with Crippen LogP contribution >= 0.6 is 0 Å². The highest BCUT2D eigenvalue weighted by molar-refractivity contribution is 5.49. The molecule has 1 heterocycles. The highest BCUT2D eigenvalue weighted by Gasteiger charge is 2.18. The Labute approximate surface area is 124 Å². The van der Waals surface area contributed by atoms with Crippen LogP contribution in [0.1, 0.15) is 31.7 Å². The molecule has 0 spiro atoms. The van der Waals surface area contributed by atoms with Crippen LogP contribution in [0.25, 0.3) is 0 Å². The summed E-state index contributed by atoms with van der Waals surface area (Å²) in [7, 11) is 0. The number of nitro groups is 1. The Bertz CT molecular complexity index is 554. The number of piperidine rings is 1. The Kier molecular flexibility index (Phi) is 5.12. The van der Waals surface area contributed by atoms with Crippen molar-refractivity contribution in [1.82, 2.24) is 4.90 Å². The standard InChI is InChI=1S/C15H19N3O3/c1-12-4-2-3-7-17(12)8-9-21-15-10-14(18(19)20)6-5-13(15)11-16/h5-6,10,12H,2-4,7-9H2,1H3/t12-/m1/s1. The molecular weight excluding hydrogens is 270 g/mol. The van der Waals surface area contributed by atoms with E-state index in [2.05, 4.69) is 11.8 Å². The maximum atomic E-state index is 10.8. The molecule has 0 aliphatic carbocycles. The van der Waals surface area contributed by atoms with Gasteiger partial charge in [0.1, 0.15) is 18.4 Å². The highest BCUT2D eigenvalue weighted by atomic mass is 16.6. The molecule has 0 N–H and O–H groups in total. The fourth-order valence-electron chi connectivity index (χ4n) is 2.60. The number of ether oxygens (including phenoxy) is 1. The van der Waals surface area contributed by atoms with Crippen LogP contribution in [0.15, 0.2) is 18.2 Å². The van der Waals surface area contributed by atoms with Gasteiger partial charge in [-0.15, -0.1) is 0 Å². The van der Waals surface area contributed by atoms with E-state index in [9.17, 15) is 10.1 Å². The second-order valence-electron chi connectivity index (χ2n) is 5.28. The lowest BCUT2D eigenvalue weighted by atomic mass is 10.0. The SMILES string of the molecule is C[C@@H]1CCCCN1CCOc1cc([N+](=O)[O-])ccc1C#N. The van der Waals surface area contributed by atoms with E-state index in [0.29, 0.717) is 18.2 Å². The first kappa shape index (κ1) is 15.3. The summed E-state index contributed by atoms with van der Waals surface area (Å²) < 4.78 is 5.60. The van der Waals surface area contributed by atoms with Crippen molar-refractivity contribution in [3.05, 3.63) is 33.9 Å². The van der Waals surface area contributed by atoms with Gasteiger partial charge in [0.2, 0.25) is 0 Å². The van der Waals surface area contributed by atoms with Crippen LogP contribution in [-0.4, -0.2) is 35.6 Å². The smallest absolute Gasteiger partial charge is 0.273 e. The van der Waals surface area contributed by atoms with Crippen molar-refractivity contribution >= 4 is 5.69 Å². The van der Waals surface area contributed by atoms with Gasteiger partial charge in [-0.3, -0.25) is 15.0 Å². The lowest BCUT2D eigenvalue weighted by Crippen LogP contribution is -2.39. The molecule has 1 atom stereocenters. The molecule has 0 unspecified atom stereocenters. The summed E-state index contributed by atoms with van der Waals surface area (Å²) in [6.07, 6.45) is 3.66. The van der Waals surface area contributed by atoms with Crippen molar-refractivity contribution in [3.8, 4) is 11.8 Å². The van der Waals surface area contributed by atoms with Crippen LogP contribution in [0.3, 0.4) is 0 Å². The van der Waals surface area contributed by atoms with E-state index in [1.807, 2.05) is 6.07 Å². The molecule has 0 bridgehead atoms. The van der Waals surface area contributed by atoms with Gasteiger partial charge in [0.05, 0.1) is 16.6 Å². The molecule has 6 nitrogen and oxygen atoms in total. The van der Waals surface area contributed by atoms with Crippen molar-refractivity contribution in [2.75, 3.05) is 19.7 Å². The predicted octanol–water partition coefficient (Wildman–Crippen LogP) is 2.72. The molecule has 1 aromatic rings. The van der Waals surface area contributed by atoms with Crippen molar-refractivity contribution in [2.45, 2.75) is 32.2 Å². The van der Waals surface area contributed by atoms with E-state index in [1.165, 1.54) is 37.5 Å². The third-order valence-electron chi connectivity index (χ3n) is 3.87. The van der Waals surface area contributed by atoms with E-state index < -0.39 is 4.92 Å². The molecule has 1 aliphatic heterocycles. The summed E-state index contributed by atoms with van der Waals surface area (Å²) in [5.41, 5.74) is 0.266. The van der Waals surface area contributed by atoms with Crippen molar-refractivity contribution < 1.29 is 9.66 Å². The maximum absolute atomic E-state index is 10.8. The van der Waals surface area contributed by atoms with Gasteiger partial charge in [0, 0.05) is 18.7 Å². The minimum absolute atomic E-state index is 0.0599. The number of non-ortho nitro benzene ring substituents is 1. The van der Waals surface area contributed by atoms with E-state index in [4.69, 9.17) is 10.00 Å². The summed E-state index contributed by atoms with van der Waals surface area (Å²) in [5, 5.41) is 19.8. The third-order valence-corrected chi connectivity index (χ3v) is 3.87. The molecule has 2 rings (SSSR count). The van der Waals surface area contributed by atoms with Crippen LogP contribution in [0.2, 0.25) is 0 Å². The zero-order chi connectivity index (χ0) is 15.2. The molecule has 1 saturated heterocycles.